The van der Waals surface area contributed by atoms with Crippen LogP contribution in [-0.2, 0) is 26.1 Å². The fourth-order valence-electron chi connectivity index (χ4n) is 6.18. The molecule has 1 aromatic heterocycles. The van der Waals surface area contributed by atoms with Crippen LogP contribution in [-0.4, -0.2) is 56.0 Å². The number of benzene rings is 4. The molecule has 0 N–H and O–H groups in total. The molecule has 0 radical (unpaired) electrons. The maximum absolute atomic E-state index is 13.7. The van der Waals surface area contributed by atoms with E-state index in [1.807, 2.05) is 25.1 Å². The molecule has 8 heteroatoms. The summed E-state index contributed by atoms with van der Waals surface area (Å²) in [4.78, 5) is 15.6. The molecule has 42 heavy (non-hydrogen) atoms. The lowest BCUT2D eigenvalue weighted by atomic mass is 10.0. The molecule has 4 aromatic carbocycles. The lowest BCUT2D eigenvalue weighted by Gasteiger charge is -2.26. The van der Waals surface area contributed by atoms with Crippen molar-refractivity contribution in [1.29, 1.82) is 0 Å². The summed E-state index contributed by atoms with van der Waals surface area (Å²) in [6, 6.07) is 28.0. The Morgan fingerprint density at radius 3 is 2.43 bits per heavy atom. The van der Waals surface area contributed by atoms with Crippen LogP contribution in [0.2, 0.25) is 0 Å². The molecule has 1 saturated heterocycles. The number of aromatic nitrogens is 1. The molecule has 3 heterocycles. The maximum atomic E-state index is 13.7. The number of fused-ring (bicyclic) bond motifs is 3. The zero-order valence-electron chi connectivity index (χ0n) is 23.4. The van der Waals surface area contributed by atoms with Gasteiger partial charge in [-0.05, 0) is 53.6 Å². The van der Waals surface area contributed by atoms with Gasteiger partial charge in [0, 0.05) is 60.0 Å². The molecule has 2 aliphatic heterocycles. The van der Waals surface area contributed by atoms with Gasteiger partial charge < -0.3 is 14.2 Å². The lowest BCUT2D eigenvalue weighted by Crippen LogP contribution is -2.40. The molecule has 0 bridgehead atoms. The van der Waals surface area contributed by atoms with E-state index < -0.39 is 10.0 Å². The minimum atomic E-state index is -3.71. The number of anilines is 1. The van der Waals surface area contributed by atoms with E-state index in [1.54, 1.807) is 23.1 Å². The van der Waals surface area contributed by atoms with E-state index >= 15 is 0 Å². The molecule has 0 saturated carbocycles. The number of rotatable bonds is 6. The van der Waals surface area contributed by atoms with Gasteiger partial charge in [-0.2, -0.15) is 4.31 Å². The summed E-state index contributed by atoms with van der Waals surface area (Å²) in [5.74, 6) is -0.126. The number of likely N-dealkylation sites (N-methyl/N-ethyl adjacent to an activating group) is 1. The summed E-state index contributed by atoms with van der Waals surface area (Å²) < 4.78 is 36.0. The Kier molecular flexibility index (Phi) is 6.69. The van der Waals surface area contributed by atoms with Gasteiger partial charge in [0.2, 0.25) is 10.0 Å². The minimum absolute atomic E-state index is 0.126. The van der Waals surface area contributed by atoms with Crippen LogP contribution in [0, 0.1) is 0 Å². The van der Waals surface area contributed by atoms with Gasteiger partial charge >= 0.3 is 0 Å². The van der Waals surface area contributed by atoms with Crippen LogP contribution in [0.15, 0.2) is 96.0 Å². The summed E-state index contributed by atoms with van der Waals surface area (Å²) in [6.07, 6.45) is 4.01. The van der Waals surface area contributed by atoms with Crippen molar-refractivity contribution in [1.82, 2.24) is 8.87 Å². The van der Waals surface area contributed by atoms with E-state index in [0.717, 1.165) is 22.2 Å². The van der Waals surface area contributed by atoms with Crippen molar-refractivity contribution in [3.8, 4) is 0 Å². The SMILES string of the molecule is CCN1C(=O)C(=Cc2cn(Cc3cccc4ccccc34)c3ccccc23)c2cc(S(=O)(=O)N3CCOCC3)ccc21. The summed E-state index contributed by atoms with van der Waals surface area (Å²) in [5.41, 5.74) is 5.07. The molecule has 0 aliphatic carbocycles. The number of carbonyl (C=O) groups is 1. The predicted octanol–water partition coefficient (Wildman–Crippen LogP) is 5.77. The van der Waals surface area contributed by atoms with Gasteiger partial charge in [0.1, 0.15) is 0 Å². The zero-order chi connectivity index (χ0) is 28.8. The molecule has 0 unspecified atom stereocenters. The van der Waals surface area contributed by atoms with E-state index in [4.69, 9.17) is 4.74 Å². The first kappa shape index (κ1) is 26.6. The quantitative estimate of drug-likeness (QED) is 0.240. The monoisotopic (exact) mass is 577 g/mol. The third-order valence-corrected chi connectivity index (χ3v) is 10.2. The highest BCUT2D eigenvalue weighted by Crippen LogP contribution is 2.40. The van der Waals surface area contributed by atoms with Crippen LogP contribution in [0.25, 0.3) is 33.3 Å². The topological polar surface area (TPSA) is 71.9 Å². The minimum Gasteiger partial charge on any atom is -0.379 e. The predicted molar refractivity (Wildman–Crippen MR) is 167 cm³/mol. The number of morpholine rings is 1. The summed E-state index contributed by atoms with van der Waals surface area (Å²) in [5, 5.41) is 3.45. The number of carbonyl (C=O) groups excluding carboxylic acids is 1. The highest BCUT2D eigenvalue weighted by Gasteiger charge is 2.34. The lowest BCUT2D eigenvalue weighted by molar-refractivity contribution is -0.112. The number of nitrogens with zero attached hydrogens (tertiary/aromatic N) is 3. The molecule has 212 valence electrons. The van der Waals surface area contributed by atoms with Gasteiger partial charge in [0.05, 0.1) is 23.8 Å². The Hall–Kier alpha value is -4.24. The van der Waals surface area contributed by atoms with Crippen molar-refractivity contribution in [2.75, 3.05) is 37.7 Å². The molecule has 0 spiro atoms. The number of hydrogen-bond donors (Lipinski definition) is 0. The van der Waals surface area contributed by atoms with Gasteiger partial charge in [-0.3, -0.25) is 4.79 Å². The van der Waals surface area contributed by atoms with Crippen LogP contribution in [0.3, 0.4) is 0 Å². The van der Waals surface area contributed by atoms with Gasteiger partial charge in [-0.15, -0.1) is 0 Å². The summed E-state index contributed by atoms with van der Waals surface area (Å²) in [7, 11) is -3.71. The number of ether oxygens (including phenoxy) is 1. The summed E-state index contributed by atoms with van der Waals surface area (Å²) in [6.45, 7) is 4.48. The van der Waals surface area contributed by atoms with Gasteiger partial charge in [0.25, 0.3) is 5.91 Å². The molecule has 0 atom stereocenters. The average molecular weight is 578 g/mol. The van der Waals surface area contributed by atoms with Crippen molar-refractivity contribution >= 4 is 54.9 Å². The largest absolute Gasteiger partial charge is 0.379 e. The highest BCUT2D eigenvalue weighted by atomic mass is 32.2. The van der Waals surface area contributed by atoms with E-state index in [1.165, 1.54) is 20.6 Å². The van der Waals surface area contributed by atoms with Crippen LogP contribution in [0.5, 0.6) is 0 Å². The van der Waals surface area contributed by atoms with Gasteiger partial charge in [-0.25, -0.2) is 8.42 Å². The van der Waals surface area contributed by atoms with Crippen molar-refractivity contribution in [2.24, 2.45) is 0 Å². The normalized spacial score (nSPS) is 17.0. The second-order valence-corrected chi connectivity index (χ2v) is 12.6. The number of para-hydroxylation sites is 1. The smallest absolute Gasteiger partial charge is 0.258 e. The van der Waals surface area contributed by atoms with Crippen molar-refractivity contribution in [2.45, 2.75) is 18.4 Å². The molecule has 7 nitrogen and oxygen atoms in total. The Balaban J connectivity index is 1.33. The van der Waals surface area contributed by atoms with E-state index in [0.29, 0.717) is 50.5 Å². The van der Waals surface area contributed by atoms with Crippen molar-refractivity contribution in [3.63, 3.8) is 0 Å². The third-order valence-electron chi connectivity index (χ3n) is 8.29. The van der Waals surface area contributed by atoms with E-state index in [-0.39, 0.29) is 10.8 Å². The van der Waals surface area contributed by atoms with Crippen LogP contribution in [0.1, 0.15) is 23.6 Å². The van der Waals surface area contributed by atoms with Crippen LogP contribution >= 0.6 is 0 Å². The van der Waals surface area contributed by atoms with Crippen molar-refractivity contribution in [3.05, 3.63) is 108 Å². The van der Waals surface area contributed by atoms with E-state index in [2.05, 4.69) is 65.4 Å². The molecular formula is C34H31N3O4S. The molecule has 1 fully saturated rings. The van der Waals surface area contributed by atoms with Gasteiger partial charge in [0.15, 0.2) is 0 Å². The standard InChI is InChI=1S/C34H31N3O4S/c1-2-37-33-15-14-27(42(39,40)36-16-18-41-19-17-36)21-30(33)31(34(37)38)20-26-23-35(32-13-6-5-12-29(26)32)22-25-10-7-9-24-8-3-4-11-28(24)25/h3-15,20-21,23H,2,16-19,22H2,1H3. The Bertz CT molecular complexity index is 1980. The maximum Gasteiger partial charge on any atom is 0.258 e. The number of amides is 1. The Morgan fingerprint density at radius 2 is 1.62 bits per heavy atom. The second kappa shape index (κ2) is 10.5. The van der Waals surface area contributed by atoms with Crippen LogP contribution in [0.4, 0.5) is 5.69 Å². The number of hydrogen-bond acceptors (Lipinski definition) is 4. The van der Waals surface area contributed by atoms with Crippen LogP contribution < -0.4 is 4.90 Å². The number of sulfonamides is 1. The first-order valence-electron chi connectivity index (χ1n) is 14.3. The third kappa shape index (κ3) is 4.43. The average Bonchev–Trinajstić information content (AvgIpc) is 3.51. The molecule has 7 rings (SSSR count). The molecule has 2 aliphatic rings. The Labute approximate surface area is 245 Å². The van der Waals surface area contributed by atoms with E-state index in [9.17, 15) is 13.2 Å². The molecular weight excluding hydrogens is 546 g/mol. The van der Waals surface area contributed by atoms with Crippen molar-refractivity contribution < 1.29 is 17.9 Å². The first-order chi connectivity index (χ1) is 20.5. The highest BCUT2D eigenvalue weighted by molar-refractivity contribution is 7.89. The fourth-order valence-corrected chi connectivity index (χ4v) is 7.61. The fraction of sp³-hybridized carbons (Fsp3) is 0.206. The first-order valence-corrected chi connectivity index (χ1v) is 15.7. The summed E-state index contributed by atoms with van der Waals surface area (Å²) >= 11 is 0. The molecule has 5 aromatic rings. The van der Waals surface area contributed by atoms with Gasteiger partial charge in [-0.1, -0.05) is 60.7 Å². The molecule has 1 amide bonds. The Morgan fingerprint density at radius 1 is 0.881 bits per heavy atom. The second-order valence-electron chi connectivity index (χ2n) is 10.7. The zero-order valence-corrected chi connectivity index (χ0v) is 24.2.